The van der Waals surface area contributed by atoms with Crippen LogP contribution in [0.1, 0.15) is 5.56 Å². The molecule has 0 saturated heterocycles. The monoisotopic (exact) mass is 313 g/mol. The molecular weight excluding hydrogens is 300 g/mol. The Kier molecular flexibility index (Phi) is 5.40. The van der Waals surface area contributed by atoms with Gasteiger partial charge in [0.1, 0.15) is 11.6 Å². The van der Waals surface area contributed by atoms with Gasteiger partial charge in [-0.15, -0.1) is 11.8 Å². The Morgan fingerprint density at radius 1 is 1.10 bits per heavy atom. The van der Waals surface area contributed by atoms with Gasteiger partial charge in [0.2, 0.25) is 0 Å². The first-order chi connectivity index (χ1) is 9.54. The summed E-state index contributed by atoms with van der Waals surface area (Å²) < 4.78 is 26.3. The molecule has 2 aromatic rings. The van der Waals surface area contributed by atoms with Gasteiger partial charge in [-0.05, 0) is 54.4 Å². The molecule has 5 heteroatoms. The molecule has 0 saturated carbocycles. The fourth-order valence-electron chi connectivity index (χ4n) is 1.78. The van der Waals surface area contributed by atoms with Gasteiger partial charge < -0.3 is 5.73 Å². The second kappa shape index (κ2) is 7.07. The molecular formula is C15H14ClF2NS. The number of thioether (sulfide) groups is 1. The van der Waals surface area contributed by atoms with E-state index in [2.05, 4.69) is 0 Å². The third-order valence-corrected chi connectivity index (χ3v) is 4.20. The molecule has 0 bridgehead atoms. The van der Waals surface area contributed by atoms with E-state index in [0.29, 0.717) is 22.8 Å². The summed E-state index contributed by atoms with van der Waals surface area (Å²) in [5.74, 6) is 0.0636. The molecule has 0 spiro atoms. The van der Waals surface area contributed by atoms with Crippen molar-refractivity contribution in [3.05, 3.63) is 64.7 Å². The zero-order valence-corrected chi connectivity index (χ0v) is 12.2. The van der Waals surface area contributed by atoms with E-state index in [1.807, 2.05) is 0 Å². The van der Waals surface area contributed by atoms with Gasteiger partial charge in [0, 0.05) is 21.7 Å². The molecule has 1 atom stereocenters. The van der Waals surface area contributed by atoms with Gasteiger partial charge in [-0.1, -0.05) is 11.6 Å². The van der Waals surface area contributed by atoms with Crippen molar-refractivity contribution in [3.63, 3.8) is 0 Å². The van der Waals surface area contributed by atoms with Gasteiger partial charge in [0.25, 0.3) is 0 Å². The molecule has 1 nitrogen and oxygen atoms in total. The van der Waals surface area contributed by atoms with Gasteiger partial charge in [0.05, 0.1) is 0 Å². The van der Waals surface area contributed by atoms with E-state index in [-0.39, 0.29) is 17.7 Å². The van der Waals surface area contributed by atoms with Crippen LogP contribution in [0.3, 0.4) is 0 Å². The van der Waals surface area contributed by atoms with Crippen LogP contribution in [0, 0.1) is 11.6 Å². The van der Waals surface area contributed by atoms with Gasteiger partial charge >= 0.3 is 0 Å². The third-order valence-electron chi connectivity index (χ3n) is 2.77. The summed E-state index contributed by atoms with van der Waals surface area (Å²) in [5.41, 5.74) is 6.52. The lowest BCUT2D eigenvalue weighted by Crippen LogP contribution is -2.26. The molecule has 0 fully saturated rings. The number of rotatable bonds is 5. The van der Waals surface area contributed by atoms with Crippen LogP contribution >= 0.6 is 23.4 Å². The lowest BCUT2D eigenvalue weighted by molar-refractivity contribution is 0.597. The Balaban J connectivity index is 1.90. The van der Waals surface area contributed by atoms with Crippen molar-refractivity contribution in [1.29, 1.82) is 0 Å². The zero-order valence-electron chi connectivity index (χ0n) is 10.7. The Morgan fingerprint density at radius 3 is 2.50 bits per heavy atom. The smallest absolute Gasteiger partial charge is 0.126 e. The Labute approximate surface area is 126 Å². The summed E-state index contributed by atoms with van der Waals surface area (Å²) in [6.45, 7) is 0. The van der Waals surface area contributed by atoms with Crippen molar-refractivity contribution in [1.82, 2.24) is 0 Å². The number of hydrogen-bond donors (Lipinski definition) is 1. The number of nitrogens with two attached hydrogens (primary N) is 1. The minimum absolute atomic E-state index is 0.196. The Bertz CT molecular complexity index is 575. The van der Waals surface area contributed by atoms with Crippen LogP contribution in [-0.4, -0.2) is 11.8 Å². The summed E-state index contributed by atoms with van der Waals surface area (Å²) >= 11 is 7.36. The van der Waals surface area contributed by atoms with Crippen LogP contribution in [0.2, 0.25) is 5.02 Å². The lowest BCUT2D eigenvalue weighted by Gasteiger charge is -2.12. The highest BCUT2D eigenvalue weighted by atomic mass is 35.5. The van der Waals surface area contributed by atoms with Gasteiger partial charge in [-0.2, -0.15) is 0 Å². The first-order valence-electron chi connectivity index (χ1n) is 6.12. The standard InChI is InChI=1S/C15H14ClF2NS/c16-11-1-6-15(18)10(7-11)8-13(19)9-20-14-4-2-12(17)3-5-14/h1-7,13H,8-9,19H2. The maximum Gasteiger partial charge on any atom is 0.126 e. The molecule has 0 aromatic heterocycles. The summed E-state index contributed by atoms with van der Waals surface area (Å²) in [4.78, 5) is 0.938. The highest BCUT2D eigenvalue weighted by Gasteiger charge is 2.09. The van der Waals surface area contributed by atoms with E-state index < -0.39 is 0 Å². The molecule has 0 aliphatic carbocycles. The molecule has 1 unspecified atom stereocenters. The molecule has 2 aromatic carbocycles. The molecule has 0 aliphatic rings. The highest BCUT2D eigenvalue weighted by Crippen LogP contribution is 2.21. The van der Waals surface area contributed by atoms with Crippen LogP contribution in [0.15, 0.2) is 47.4 Å². The molecule has 0 heterocycles. The van der Waals surface area contributed by atoms with E-state index in [4.69, 9.17) is 17.3 Å². The maximum absolute atomic E-state index is 13.6. The van der Waals surface area contributed by atoms with Gasteiger partial charge in [-0.3, -0.25) is 0 Å². The fourth-order valence-corrected chi connectivity index (χ4v) is 2.82. The SMILES string of the molecule is NC(CSc1ccc(F)cc1)Cc1cc(Cl)ccc1F. The quantitative estimate of drug-likeness (QED) is 0.834. The van der Waals surface area contributed by atoms with Crippen molar-refractivity contribution >= 4 is 23.4 Å². The molecule has 0 aliphatic heterocycles. The van der Waals surface area contributed by atoms with E-state index in [1.165, 1.54) is 36.0 Å². The average Bonchev–Trinajstić information content (AvgIpc) is 2.42. The maximum atomic E-state index is 13.6. The molecule has 2 N–H and O–H groups in total. The van der Waals surface area contributed by atoms with Crippen LogP contribution in [0.4, 0.5) is 8.78 Å². The Morgan fingerprint density at radius 2 is 1.80 bits per heavy atom. The summed E-state index contributed by atoms with van der Waals surface area (Å²) in [5, 5.41) is 0.500. The van der Waals surface area contributed by atoms with E-state index >= 15 is 0 Å². The van der Waals surface area contributed by atoms with E-state index in [9.17, 15) is 8.78 Å². The first-order valence-corrected chi connectivity index (χ1v) is 7.49. The minimum Gasteiger partial charge on any atom is -0.327 e. The minimum atomic E-state index is -0.295. The topological polar surface area (TPSA) is 26.0 Å². The van der Waals surface area contributed by atoms with Crippen molar-refractivity contribution in [2.24, 2.45) is 5.73 Å². The average molecular weight is 314 g/mol. The van der Waals surface area contributed by atoms with E-state index in [1.54, 1.807) is 18.2 Å². The van der Waals surface area contributed by atoms with Crippen LogP contribution in [0.25, 0.3) is 0 Å². The van der Waals surface area contributed by atoms with Crippen LogP contribution < -0.4 is 5.73 Å². The summed E-state index contributed by atoms with van der Waals surface area (Å²) in [6, 6.07) is 10.5. The molecule has 106 valence electrons. The number of hydrogen-bond acceptors (Lipinski definition) is 2. The second-order valence-electron chi connectivity index (χ2n) is 4.46. The van der Waals surface area contributed by atoms with Crippen LogP contribution in [-0.2, 0) is 6.42 Å². The van der Waals surface area contributed by atoms with Crippen LogP contribution in [0.5, 0.6) is 0 Å². The third kappa shape index (κ3) is 4.47. The van der Waals surface area contributed by atoms with Gasteiger partial charge in [0.15, 0.2) is 0 Å². The summed E-state index contributed by atoms with van der Waals surface area (Å²) in [6.07, 6.45) is 0.417. The number of halogens is 3. The predicted octanol–water partition coefficient (Wildman–Crippen LogP) is 4.28. The van der Waals surface area contributed by atoms with Crippen molar-refractivity contribution < 1.29 is 8.78 Å². The molecule has 0 radical (unpaired) electrons. The van der Waals surface area contributed by atoms with Crippen molar-refractivity contribution in [3.8, 4) is 0 Å². The highest BCUT2D eigenvalue weighted by molar-refractivity contribution is 7.99. The fraction of sp³-hybridized carbons (Fsp3) is 0.200. The second-order valence-corrected chi connectivity index (χ2v) is 5.99. The van der Waals surface area contributed by atoms with Gasteiger partial charge in [-0.25, -0.2) is 8.78 Å². The van der Waals surface area contributed by atoms with Crippen molar-refractivity contribution in [2.45, 2.75) is 17.4 Å². The molecule has 2 rings (SSSR count). The first kappa shape index (κ1) is 15.3. The normalized spacial score (nSPS) is 12.4. The molecule has 20 heavy (non-hydrogen) atoms. The number of benzene rings is 2. The van der Waals surface area contributed by atoms with Crippen molar-refractivity contribution in [2.75, 3.05) is 5.75 Å². The Hall–Kier alpha value is -1.10. The lowest BCUT2D eigenvalue weighted by atomic mass is 10.1. The predicted molar refractivity (Wildman–Crippen MR) is 80.2 cm³/mol. The molecule has 0 amide bonds. The van der Waals surface area contributed by atoms with E-state index in [0.717, 1.165) is 4.90 Å². The largest absolute Gasteiger partial charge is 0.327 e. The zero-order chi connectivity index (χ0) is 14.5. The summed E-state index contributed by atoms with van der Waals surface area (Å²) in [7, 11) is 0.